The van der Waals surface area contributed by atoms with Gasteiger partial charge < -0.3 is 36.5 Å². The van der Waals surface area contributed by atoms with Crippen LogP contribution in [0.15, 0.2) is 36.4 Å². The van der Waals surface area contributed by atoms with E-state index in [0.29, 0.717) is 28.2 Å². The van der Waals surface area contributed by atoms with E-state index in [1.54, 1.807) is 18.2 Å². The van der Waals surface area contributed by atoms with Crippen LogP contribution in [0.4, 0.5) is 9.18 Å². The summed E-state index contributed by atoms with van der Waals surface area (Å²) in [6, 6.07) is 13.5. The molecule has 0 saturated heterocycles. The molecule has 5 rings (SSSR count). The topological polar surface area (TPSA) is 188 Å². The predicted octanol–water partition coefficient (Wildman–Crippen LogP) is 9.08. The highest BCUT2D eigenvalue weighted by molar-refractivity contribution is 6.32. The fourth-order valence-electron chi connectivity index (χ4n) is 5.99. The molecule has 0 unspecified atom stereocenters. The highest BCUT2D eigenvalue weighted by Gasteiger charge is 2.32. The number of hydrogen-bond acceptors (Lipinski definition) is 9. The second-order valence-corrected chi connectivity index (χ2v) is 16.9. The third-order valence-electron chi connectivity index (χ3n) is 9.46. The smallest absolute Gasteiger partial charge is 0.407 e. The van der Waals surface area contributed by atoms with Gasteiger partial charge in [-0.15, -0.1) is 0 Å². The van der Waals surface area contributed by atoms with E-state index in [-0.39, 0.29) is 30.2 Å². The third-order valence-corrected chi connectivity index (χ3v) is 10.1. The van der Waals surface area contributed by atoms with Crippen LogP contribution in [0.3, 0.4) is 0 Å². The van der Waals surface area contributed by atoms with Crippen molar-refractivity contribution < 1.29 is 28.9 Å². The van der Waals surface area contributed by atoms with Gasteiger partial charge in [-0.1, -0.05) is 30.6 Å². The quantitative estimate of drug-likeness (QED) is 0.202. The van der Waals surface area contributed by atoms with E-state index in [0.717, 1.165) is 88.9 Å². The summed E-state index contributed by atoms with van der Waals surface area (Å²) >= 11 is 11.5. The van der Waals surface area contributed by atoms with Gasteiger partial charge in [0.25, 0.3) is 0 Å². The van der Waals surface area contributed by atoms with Gasteiger partial charge in [-0.3, -0.25) is 0 Å². The summed E-state index contributed by atoms with van der Waals surface area (Å²) in [5.41, 5.74) is 10.7. The van der Waals surface area contributed by atoms with Crippen LogP contribution < -0.4 is 21.5 Å². The Kier molecular flexibility index (Phi) is 19.7. The standard InChI is InChI=1S/C14H17ClN2O.C12H23NO3.C7H3ClFN.C7H15NO.CH4/c1-14(6-4-11(17)5-7-14)18-12-3-2-10(9-16)13(15)8-12;1-11(2,3)16-10(14)13-9-5-7-12(4,15)8-6-9;8-7-3-6(9)2-1-5(7)4-10;1-7(9)4-2-6(8)3-5-7;/h2-3,8,11H,4-7,17H2,1H3;9,15H,5-8H2,1-4H3,(H,13,14);1-3H;6,9H,2-5,8H2,1H3;1H4. The van der Waals surface area contributed by atoms with Gasteiger partial charge in [0.2, 0.25) is 0 Å². The van der Waals surface area contributed by atoms with E-state index < -0.39 is 22.6 Å². The zero-order chi connectivity index (χ0) is 40.0. The minimum atomic E-state index is -0.563. The average molecular weight is 795 g/mol. The molecular formula is C41H62Cl2FN5O5. The van der Waals surface area contributed by atoms with E-state index >= 15 is 0 Å². The number of amides is 1. The number of carbonyl (C=O) groups is 1. The number of nitriles is 2. The van der Waals surface area contributed by atoms with Crippen LogP contribution in [0.2, 0.25) is 10.0 Å². The van der Waals surface area contributed by atoms with Gasteiger partial charge in [-0.2, -0.15) is 10.5 Å². The fraction of sp³-hybridized carbons (Fsp3) is 0.634. The van der Waals surface area contributed by atoms with Crippen molar-refractivity contribution in [3.05, 3.63) is 63.4 Å². The van der Waals surface area contributed by atoms with Crippen molar-refractivity contribution in [2.45, 2.75) is 167 Å². The number of carbonyl (C=O) groups excluding carboxylic acids is 1. The molecule has 302 valence electrons. The number of nitrogens with two attached hydrogens (primary N) is 2. The molecule has 0 spiro atoms. The molecule has 10 nitrogen and oxygen atoms in total. The molecule has 0 aliphatic heterocycles. The van der Waals surface area contributed by atoms with Crippen molar-refractivity contribution in [3.63, 3.8) is 0 Å². The molecule has 1 amide bonds. The Labute approximate surface area is 332 Å². The molecule has 0 radical (unpaired) electrons. The first kappa shape index (κ1) is 48.9. The molecule has 0 bridgehead atoms. The number of ether oxygens (including phenoxy) is 2. The van der Waals surface area contributed by atoms with Crippen LogP contribution in [-0.2, 0) is 4.74 Å². The van der Waals surface area contributed by atoms with Gasteiger partial charge in [0.15, 0.2) is 0 Å². The lowest BCUT2D eigenvalue weighted by atomic mass is 9.84. The van der Waals surface area contributed by atoms with Crippen LogP contribution in [-0.4, -0.2) is 56.8 Å². The Morgan fingerprint density at radius 2 is 1.24 bits per heavy atom. The highest BCUT2D eigenvalue weighted by atomic mass is 35.5. The van der Waals surface area contributed by atoms with Crippen molar-refractivity contribution in [2.75, 3.05) is 0 Å². The number of aliphatic hydroxyl groups is 2. The van der Waals surface area contributed by atoms with Crippen molar-refractivity contribution in [2.24, 2.45) is 11.5 Å². The summed E-state index contributed by atoms with van der Waals surface area (Å²) in [7, 11) is 0. The van der Waals surface area contributed by atoms with Crippen molar-refractivity contribution >= 4 is 29.3 Å². The van der Waals surface area contributed by atoms with Gasteiger partial charge >= 0.3 is 6.09 Å². The largest absolute Gasteiger partial charge is 0.488 e. The zero-order valence-electron chi connectivity index (χ0n) is 32.0. The number of hydrogen-bond donors (Lipinski definition) is 5. The fourth-order valence-corrected chi connectivity index (χ4v) is 6.41. The summed E-state index contributed by atoms with van der Waals surface area (Å²) in [6.45, 7) is 11.4. The second kappa shape index (κ2) is 21.8. The molecule has 13 heteroatoms. The lowest BCUT2D eigenvalue weighted by molar-refractivity contribution is 0.00938. The molecule has 3 aliphatic rings. The number of nitrogens with zero attached hydrogens (tertiary/aromatic N) is 2. The minimum Gasteiger partial charge on any atom is -0.488 e. The molecule has 0 aromatic heterocycles. The summed E-state index contributed by atoms with van der Waals surface area (Å²) in [6.07, 6.45) is 10.3. The van der Waals surface area contributed by atoms with Gasteiger partial charge in [0.05, 0.1) is 32.4 Å². The highest BCUT2D eigenvalue weighted by Crippen LogP contribution is 2.34. The Morgan fingerprint density at radius 1 is 0.815 bits per heavy atom. The van der Waals surface area contributed by atoms with Crippen LogP contribution in [0, 0.1) is 28.5 Å². The van der Waals surface area contributed by atoms with E-state index in [1.165, 1.54) is 12.1 Å². The number of rotatable bonds is 3. The first-order chi connectivity index (χ1) is 24.5. The van der Waals surface area contributed by atoms with Crippen molar-refractivity contribution in [3.8, 4) is 17.9 Å². The van der Waals surface area contributed by atoms with Crippen LogP contribution in [0.1, 0.15) is 137 Å². The molecule has 54 heavy (non-hydrogen) atoms. The SMILES string of the molecule is C.CC1(O)CCC(N)CC1.CC1(O)CCC(NC(=O)OC(C)(C)C)CC1.CC1(Oc2ccc(C#N)c(Cl)c2)CCC(N)CC1.N#Cc1ccc(F)cc1Cl. The van der Waals surface area contributed by atoms with Crippen LogP contribution >= 0.6 is 23.2 Å². The van der Waals surface area contributed by atoms with Crippen LogP contribution in [0.25, 0.3) is 0 Å². The van der Waals surface area contributed by atoms with E-state index in [2.05, 4.69) is 12.2 Å². The predicted molar refractivity (Wildman–Crippen MR) is 214 cm³/mol. The molecule has 3 fully saturated rings. The normalized spacial score (nSPS) is 27.5. The summed E-state index contributed by atoms with van der Waals surface area (Å²) in [5, 5.41) is 39.8. The molecular weight excluding hydrogens is 732 g/mol. The monoisotopic (exact) mass is 793 g/mol. The van der Waals surface area contributed by atoms with Gasteiger partial charge in [-0.25, -0.2) is 9.18 Å². The summed E-state index contributed by atoms with van der Waals surface area (Å²) < 4.78 is 23.5. The van der Waals surface area contributed by atoms with E-state index in [1.807, 2.05) is 46.8 Å². The van der Waals surface area contributed by atoms with Gasteiger partial charge in [0, 0.05) is 24.2 Å². The number of alkyl carbamates (subject to hydrolysis) is 1. The summed E-state index contributed by atoms with van der Waals surface area (Å²) in [5.74, 6) is 0.293. The number of benzene rings is 2. The zero-order valence-corrected chi connectivity index (χ0v) is 33.5. The van der Waals surface area contributed by atoms with Crippen molar-refractivity contribution in [1.82, 2.24) is 5.32 Å². The molecule has 0 atom stereocenters. The van der Waals surface area contributed by atoms with E-state index in [4.69, 9.17) is 54.7 Å². The maximum Gasteiger partial charge on any atom is 0.407 e. The van der Waals surface area contributed by atoms with E-state index in [9.17, 15) is 19.4 Å². The van der Waals surface area contributed by atoms with Crippen molar-refractivity contribution in [1.29, 1.82) is 10.5 Å². The third kappa shape index (κ3) is 18.9. The Hall–Kier alpha value is -3.16. The lowest BCUT2D eigenvalue weighted by Gasteiger charge is -2.36. The Morgan fingerprint density at radius 3 is 1.65 bits per heavy atom. The number of halogens is 3. The Balaban J connectivity index is 0.000000372. The molecule has 0 heterocycles. The first-order valence-corrected chi connectivity index (χ1v) is 19.0. The Bertz CT molecular complexity index is 1540. The summed E-state index contributed by atoms with van der Waals surface area (Å²) in [4.78, 5) is 11.5. The number of nitrogens with one attached hydrogen (secondary N) is 1. The molecule has 2 aromatic rings. The minimum absolute atomic E-state index is 0. The molecule has 3 aliphatic carbocycles. The average Bonchev–Trinajstić information content (AvgIpc) is 3.05. The lowest BCUT2D eigenvalue weighted by Crippen LogP contribution is -2.44. The second-order valence-electron chi connectivity index (χ2n) is 16.1. The first-order valence-electron chi connectivity index (χ1n) is 18.2. The molecule has 3 saturated carbocycles. The van der Waals surface area contributed by atoms with Crippen LogP contribution in [0.5, 0.6) is 5.75 Å². The molecule has 2 aromatic carbocycles. The maximum absolute atomic E-state index is 12.3. The van der Waals surface area contributed by atoms with Gasteiger partial charge in [-0.05, 0) is 149 Å². The van der Waals surface area contributed by atoms with Gasteiger partial charge in [0.1, 0.15) is 34.9 Å². The molecule has 7 N–H and O–H groups in total. The maximum atomic E-state index is 12.3.